The van der Waals surface area contributed by atoms with E-state index in [1.807, 2.05) is 0 Å². The van der Waals surface area contributed by atoms with Crippen LogP contribution in [0.4, 0.5) is 17.6 Å². The van der Waals surface area contributed by atoms with Crippen LogP contribution in [-0.2, 0) is 9.84 Å². The molecule has 0 bridgehead atoms. The maximum absolute atomic E-state index is 14.1. The summed E-state index contributed by atoms with van der Waals surface area (Å²) in [6, 6.07) is 9.98. The molecule has 1 unspecified atom stereocenters. The molecule has 156 valence electrons. The van der Waals surface area contributed by atoms with Gasteiger partial charge in [-0.15, -0.1) is 13.2 Å². The lowest BCUT2D eigenvalue weighted by atomic mass is 10.1. The van der Waals surface area contributed by atoms with Crippen molar-refractivity contribution in [2.45, 2.75) is 18.0 Å². The minimum atomic E-state index is -4.84. The maximum atomic E-state index is 14.1. The lowest BCUT2D eigenvalue weighted by Gasteiger charge is -2.20. The predicted octanol–water partition coefficient (Wildman–Crippen LogP) is 3.73. The standard InChI is InChI=1S/C19H17F4NO4S/c20-16-4-2-1-3-15(16)17-9-10-24(11-12-29(17,26)27)18(25)13-5-7-14(8-6-13)28-19(21,22)23/h1-8,17H,9-12H2. The molecule has 5 nitrogen and oxygen atoms in total. The Kier molecular flexibility index (Phi) is 5.83. The van der Waals surface area contributed by atoms with Crippen LogP contribution in [0.1, 0.15) is 27.6 Å². The molecule has 0 N–H and O–H groups in total. The van der Waals surface area contributed by atoms with E-state index in [9.17, 15) is 30.8 Å². The number of halogens is 4. The Balaban J connectivity index is 1.76. The molecule has 1 aliphatic heterocycles. The van der Waals surface area contributed by atoms with Crippen molar-refractivity contribution in [3.63, 3.8) is 0 Å². The zero-order valence-electron chi connectivity index (χ0n) is 15.0. The zero-order valence-corrected chi connectivity index (χ0v) is 15.8. The van der Waals surface area contributed by atoms with Crippen molar-refractivity contribution in [3.05, 3.63) is 65.5 Å². The molecule has 1 fully saturated rings. The van der Waals surface area contributed by atoms with Gasteiger partial charge in [-0.05, 0) is 36.8 Å². The topological polar surface area (TPSA) is 63.7 Å². The van der Waals surface area contributed by atoms with Crippen molar-refractivity contribution in [2.75, 3.05) is 18.8 Å². The van der Waals surface area contributed by atoms with Gasteiger partial charge in [0.25, 0.3) is 5.91 Å². The van der Waals surface area contributed by atoms with Crippen molar-refractivity contribution in [1.29, 1.82) is 0 Å². The van der Waals surface area contributed by atoms with Gasteiger partial charge in [0.1, 0.15) is 11.6 Å². The van der Waals surface area contributed by atoms with Crippen LogP contribution in [0.15, 0.2) is 48.5 Å². The summed E-state index contributed by atoms with van der Waals surface area (Å²) >= 11 is 0. The summed E-state index contributed by atoms with van der Waals surface area (Å²) in [4.78, 5) is 14.0. The molecule has 1 saturated heterocycles. The Labute approximate surface area is 164 Å². The van der Waals surface area contributed by atoms with Gasteiger partial charge in [-0.1, -0.05) is 18.2 Å². The first-order valence-corrected chi connectivity index (χ1v) is 10.4. The van der Waals surface area contributed by atoms with Gasteiger partial charge < -0.3 is 9.64 Å². The van der Waals surface area contributed by atoms with Crippen molar-refractivity contribution in [3.8, 4) is 5.75 Å². The quantitative estimate of drug-likeness (QED) is 0.695. The molecular formula is C19H17F4NO4S. The van der Waals surface area contributed by atoms with Crippen LogP contribution in [0.5, 0.6) is 5.75 Å². The van der Waals surface area contributed by atoms with Crippen LogP contribution in [0.2, 0.25) is 0 Å². The molecule has 1 heterocycles. The Morgan fingerprint density at radius 3 is 2.31 bits per heavy atom. The largest absolute Gasteiger partial charge is 0.573 e. The number of carbonyl (C=O) groups excluding carboxylic acids is 1. The van der Waals surface area contributed by atoms with Crippen LogP contribution >= 0.6 is 0 Å². The molecule has 2 aromatic carbocycles. The second-order valence-corrected chi connectivity index (χ2v) is 8.83. The molecule has 3 rings (SSSR count). The Bertz CT molecular complexity index is 990. The van der Waals surface area contributed by atoms with Gasteiger partial charge in [0.2, 0.25) is 0 Å². The van der Waals surface area contributed by atoms with E-state index >= 15 is 0 Å². The van der Waals surface area contributed by atoms with E-state index in [0.29, 0.717) is 0 Å². The third-order valence-corrected chi connectivity index (χ3v) is 6.72. The van der Waals surface area contributed by atoms with Crippen molar-refractivity contribution >= 4 is 15.7 Å². The molecule has 10 heteroatoms. The Morgan fingerprint density at radius 1 is 1.03 bits per heavy atom. The number of rotatable bonds is 3. The summed E-state index contributed by atoms with van der Waals surface area (Å²) in [5.41, 5.74) is 0.164. The Morgan fingerprint density at radius 2 is 1.69 bits per heavy atom. The van der Waals surface area contributed by atoms with Crippen LogP contribution < -0.4 is 4.74 Å². The fourth-order valence-electron chi connectivity index (χ4n) is 3.21. The van der Waals surface area contributed by atoms with E-state index in [2.05, 4.69) is 4.74 Å². The number of amides is 1. The number of hydrogen-bond acceptors (Lipinski definition) is 4. The molecule has 0 radical (unpaired) electrons. The summed E-state index contributed by atoms with van der Waals surface area (Å²) in [7, 11) is -3.69. The van der Waals surface area contributed by atoms with E-state index < -0.39 is 38.9 Å². The third-order valence-electron chi connectivity index (χ3n) is 4.61. The first-order chi connectivity index (χ1) is 13.6. The molecule has 1 amide bonds. The van der Waals surface area contributed by atoms with Gasteiger partial charge in [-0.2, -0.15) is 0 Å². The van der Waals surface area contributed by atoms with Crippen LogP contribution in [-0.4, -0.2) is 44.4 Å². The molecule has 0 aliphatic carbocycles. The SMILES string of the molecule is O=C(c1ccc(OC(F)(F)F)cc1)N1CCC(c2ccccc2F)S(=O)(=O)CC1. The average Bonchev–Trinajstić information content (AvgIpc) is 2.79. The second-order valence-electron chi connectivity index (χ2n) is 6.53. The highest BCUT2D eigenvalue weighted by atomic mass is 32.2. The summed E-state index contributed by atoms with van der Waals surface area (Å²) in [6.45, 7) is -0.0230. The van der Waals surface area contributed by atoms with Gasteiger partial charge >= 0.3 is 6.36 Å². The van der Waals surface area contributed by atoms with E-state index in [-0.39, 0.29) is 36.4 Å². The lowest BCUT2D eigenvalue weighted by molar-refractivity contribution is -0.274. The summed E-state index contributed by atoms with van der Waals surface area (Å²) < 4.78 is 79.8. The first-order valence-electron chi connectivity index (χ1n) is 8.68. The van der Waals surface area contributed by atoms with E-state index in [1.54, 1.807) is 6.07 Å². The number of carbonyl (C=O) groups is 1. The number of ether oxygens (including phenoxy) is 1. The zero-order chi connectivity index (χ0) is 21.2. The second kappa shape index (κ2) is 8.02. The summed E-state index contributed by atoms with van der Waals surface area (Å²) in [5, 5.41) is -1.07. The molecule has 1 aliphatic rings. The number of nitrogens with zero attached hydrogens (tertiary/aromatic N) is 1. The summed E-state index contributed by atoms with van der Waals surface area (Å²) in [5.74, 6) is -1.95. The normalized spacial score (nSPS) is 19.4. The fraction of sp³-hybridized carbons (Fsp3) is 0.316. The van der Waals surface area contributed by atoms with Crippen molar-refractivity contribution in [1.82, 2.24) is 4.90 Å². The maximum Gasteiger partial charge on any atom is 0.573 e. The molecule has 0 aromatic heterocycles. The predicted molar refractivity (Wildman–Crippen MR) is 96.6 cm³/mol. The number of sulfone groups is 1. The number of alkyl halides is 3. The smallest absolute Gasteiger partial charge is 0.406 e. The van der Waals surface area contributed by atoms with Crippen molar-refractivity contribution in [2.24, 2.45) is 0 Å². The number of hydrogen-bond donors (Lipinski definition) is 0. The highest BCUT2D eigenvalue weighted by Crippen LogP contribution is 2.31. The fourth-order valence-corrected chi connectivity index (χ4v) is 5.02. The van der Waals surface area contributed by atoms with E-state index in [4.69, 9.17) is 0 Å². The molecule has 0 saturated carbocycles. The Hall–Kier alpha value is -2.62. The van der Waals surface area contributed by atoms with Crippen LogP contribution in [0.3, 0.4) is 0 Å². The summed E-state index contributed by atoms with van der Waals surface area (Å²) in [6.07, 6.45) is -4.82. The lowest BCUT2D eigenvalue weighted by Crippen LogP contribution is -2.33. The van der Waals surface area contributed by atoms with E-state index in [0.717, 1.165) is 12.1 Å². The highest BCUT2D eigenvalue weighted by molar-refractivity contribution is 7.91. The highest BCUT2D eigenvalue weighted by Gasteiger charge is 2.34. The molecular weight excluding hydrogens is 414 g/mol. The monoisotopic (exact) mass is 431 g/mol. The van der Waals surface area contributed by atoms with E-state index in [1.165, 1.54) is 35.2 Å². The minimum Gasteiger partial charge on any atom is -0.406 e. The average molecular weight is 431 g/mol. The third kappa shape index (κ3) is 5.06. The molecule has 2 aromatic rings. The van der Waals surface area contributed by atoms with Crippen molar-refractivity contribution < 1.29 is 35.5 Å². The minimum absolute atomic E-state index is 0.0181. The van der Waals surface area contributed by atoms with Gasteiger partial charge in [-0.25, -0.2) is 12.8 Å². The molecule has 29 heavy (non-hydrogen) atoms. The molecule has 0 spiro atoms. The number of benzene rings is 2. The van der Waals surface area contributed by atoms with Crippen LogP contribution in [0, 0.1) is 5.82 Å². The first kappa shape index (κ1) is 21.1. The van der Waals surface area contributed by atoms with Gasteiger partial charge in [-0.3, -0.25) is 4.79 Å². The van der Waals surface area contributed by atoms with Gasteiger partial charge in [0.15, 0.2) is 9.84 Å². The van der Waals surface area contributed by atoms with Gasteiger partial charge in [0, 0.05) is 24.2 Å². The van der Waals surface area contributed by atoms with Gasteiger partial charge in [0.05, 0.1) is 11.0 Å². The van der Waals surface area contributed by atoms with Crippen LogP contribution in [0.25, 0.3) is 0 Å². The molecule has 1 atom stereocenters.